The van der Waals surface area contributed by atoms with E-state index in [4.69, 9.17) is 28.7 Å². The summed E-state index contributed by atoms with van der Waals surface area (Å²) >= 11 is 0. The Kier molecular flexibility index (Phi) is 34.9. The number of unbranched alkanes of at least 4 members (excludes halogenated alkanes) is 1. The third-order valence-electron chi connectivity index (χ3n) is 15.5. The van der Waals surface area contributed by atoms with Crippen molar-refractivity contribution in [2.45, 2.75) is 194 Å². The van der Waals surface area contributed by atoms with E-state index in [-0.39, 0.29) is 139 Å². The Hall–Kier alpha value is -7.23. The van der Waals surface area contributed by atoms with E-state index in [1.54, 1.807) is 97.8 Å². The fourth-order valence-electron chi connectivity index (χ4n) is 11.0. The maximum Gasteiger partial charge on any atom is 0.326 e. The van der Waals surface area contributed by atoms with E-state index in [1.807, 2.05) is 16.3 Å². The number of anilines is 1. The van der Waals surface area contributed by atoms with Gasteiger partial charge in [-0.1, -0.05) is 6.07 Å². The maximum atomic E-state index is 14.0. The summed E-state index contributed by atoms with van der Waals surface area (Å²) in [4.78, 5) is 132. The number of rotatable bonds is 35. The molecule has 0 saturated carbocycles. The molecule has 594 valence electrons. The van der Waals surface area contributed by atoms with E-state index >= 15 is 0 Å². The van der Waals surface area contributed by atoms with Gasteiger partial charge in [-0.3, -0.25) is 71.9 Å². The van der Waals surface area contributed by atoms with Gasteiger partial charge >= 0.3 is 23.9 Å². The molecule has 5 amide bonds. The number of nitrogens with zero attached hydrogens (tertiary/aromatic N) is 5. The molecule has 1 aromatic carbocycles. The molecule has 3 heterocycles. The number of pyridine rings is 1. The van der Waals surface area contributed by atoms with Gasteiger partial charge in [-0.2, -0.15) is 21.6 Å². The van der Waals surface area contributed by atoms with E-state index < -0.39 is 143 Å². The molecule has 9 N–H and O–H groups in total. The quantitative estimate of drug-likeness (QED) is 0.0201. The fraction of sp³-hybridized carbons (Fsp3) is 0.706. The standard InChI is InChI=1S/C68H112N12O22S3/c1-46-37-50(38-47(2)60(46)105(96,97)76-51(64(89)102-68(12,13)14)39-72-55(82)21-16-15-20-49-24-23-48-19-17-25-70-61(48)73-49)98-36-18-22-54(81)69-26-27-71-62(87)52(44-103(90,91)92)75-63(88)53(45-104(93,94)95)74-56(83)40-77-28-30-78(41-57(84)99-65(3,4)5)32-34-80(43-59(86)101-67(9,10)11)35-33-79(31-29-77)42-58(85)100-66(6,7)8/h23-24,37-38,51-53,76H,15-22,25-36,39-45H2,1-14H3,(H,69,81)(H,70,73)(H,71,87)(H,72,82)(H,74,83)(H,75,88)(H,90,91,92)(H,93,94,95)/t51-,52-,53-/m0/s1. The number of nitrogens with one attached hydrogen (secondary N) is 7. The second-order valence-corrected chi connectivity index (χ2v) is 34.7. The number of amides is 5. The van der Waals surface area contributed by atoms with E-state index in [0.29, 0.717) is 19.3 Å². The minimum atomic E-state index is -5.12. The molecule has 3 atom stereocenters. The van der Waals surface area contributed by atoms with Crippen molar-refractivity contribution in [2.24, 2.45) is 0 Å². The largest absolute Gasteiger partial charge is 0.494 e. The normalized spacial score (nSPS) is 16.0. The molecule has 2 aromatic rings. The molecular weight excluding hydrogens is 1430 g/mol. The number of esters is 4. The number of carbonyl (C=O) groups excluding carboxylic acids is 9. The summed E-state index contributed by atoms with van der Waals surface area (Å²) in [7, 11) is -14.6. The molecule has 0 spiro atoms. The number of sulfonamides is 1. The number of aromatic nitrogens is 1. The van der Waals surface area contributed by atoms with E-state index in [2.05, 4.69) is 37.4 Å². The second-order valence-electron chi connectivity index (χ2n) is 30.1. The highest BCUT2D eigenvalue weighted by Gasteiger charge is 2.36. The van der Waals surface area contributed by atoms with Gasteiger partial charge < -0.3 is 55.6 Å². The Bertz CT molecular complexity index is 3600. The fourth-order valence-corrected chi connectivity index (χ4v) is 14.0. The highest BCUT2D eigenvalue weighted by molar-refractivity contribution is 7.89. The Labute approximate surface area is 617 Å². The summed E-state index contributed by atoms with van der Waals surface area (Å²) in [6, 6.07) is 1.16. The number of aryl methyl sites for hydroxylation is 4. The first-order chi connectivity index (χ1) is 48.5. The highest BCUT2D eigenvalue weighted by Crippen LogP contribution is 2.27. The first-order valence-electron chi connectivity index (χ1n) is 35.1. The highest BCUT2D eigenvalue weighted by atomic mass is 32.2. The Morgan fingerprint density at radius 3 is 1.47 bits per heavy atom. The van der Waals surface area contributed by atoms with Crippen molar-refractivity contribution in [3.8, 4) is 5.75 Å². The van der Waals surface area contributed by atoms with E-state index in [1.165, 1.54) is 31.5 Å². The van der Waals surface area contributed by atoms with Crippen molar-refractivity contribution in [3.05, 3.63) is 46.6 Å². The van der Waals surface area contributed by atoms with Crippen LogP contribution in [0.2, 0.25) is 0 Å². The van der Waals surface area contributed by atoms with Crippen LogP contribution in [0.25, 0.3) is 0 Å². The van der Waals surface area contributed by atoms with Gasteiger partial charge in [0.05, 0.1) is 37.7 Å². The molecule has 0 bridgehead atoms. The molecule has 0 aliphatic carbocycles. The van der Waals surface area contributed by atoms with Gasteiger partial charge in [0.2, 0.25) is 39.6 Å². The lowest BCUT2D eigenvalue weighted by Gasteiger charge is -2.34. The lowest BCUT2D eigenvalue weighted by molar-refractivity contribution is -0.158. The summed E-state index contributed by atoms with van der Waals surface area (Å²) in [5, 5.41) is 15.1. The zero-order valence-corrected chi connectivity index (χ0v) is 65.6. The summed E-state index contributed by atoms with van der Waals surface area (Å²) in [6.45, 7) is 23.1. The molecule has 4 rings (SSSR count). The lowest BCUT2D eigenvalue weighted by Crippen LogP contribution is -2.58. The molecule has 0 unspecified atom stereocenters. The van der Waals surface area contributed by atoms with Gasteiger partial charge in [0.15, 0.2) is 0 Å². The minimum Gasteiger partial charge on any atom is -0.494 e. The molecule has 1 fully saturated rings. The van der Waals surface area contributed by atoms with Gasteiger partial charge in [0.1, 0.15) is 63.6 Å². The predicted molar refractivity (Wildman–Crippen MR) is 388 cm³/mol. The summed E-state index contributed by atoms with van der Waals surface area (Å²) in [6.07, 6.45) is 4.01. The van der Waals surface area contributed by atoms with Gasteiger partial charge in [0.25, 0.3) is 20.2 Å². The predicted octanol–water partition coefficient (Wildman–Crippen LogP) is 0.958. The third-order valence-corrected chi connectivity index (χ3v) is 18.7. The molecule has 1 aromatic heterocycles. The van der Waals surface area contributed by atoms with Gasteiger partial charge in [-0.15, -0.1) is 0 Å². The molecule has 0 radical (unpaired) electrons. The van der Waals surface area contributed by atoms with E-state index in [0.717, 1.165) is 30.9 Å². The first-order valence-corrected chi connectivity index (χ1v) is 39.8. The number of hydrogen-bond donors (Lipinski definition) is 9. The molecule has 37 heteroatoms. The van der Waals surface area contributed by atoms with Gasteiger partial charge in [-0.05, 0) is 170 Å². The first kappa shape index (κ1) is 90.2. The van der Waals surface area contributed by atoms with Crippen molar-refractivity contribution in [3.63, 3.8) is 0 Å². The van der Waals surface area contributed by atoms with Crippen LogP contribution in [-0.4, -0.2) is 276 Å². The number of carbonyl (C=O) groups is 9. The molecule has 2 aliphatic heterocycles. The lowest BCUT2D eigenvalue weighted by atomic mass is 10.1. The van der Waals surface area contributed by atoms with Crippen LogP contribution in [0, 0.1) is 13.8 Å². The molecule has 2 aliphatic rings. The van der Waals surface area contributed by atoms with Crippen molar-refractivity contribution < 1.29 is 101 Å². The average molecular weight is 1550 g/mol. The zero-order valence-electron chi connectivity index (χ0n) is 63.2. The average Bonchev–Trinajstić information content (AvgIpc) is 0.788. The van der Waals surface area contributed by atoms with Gasteiger partial charge in [0, 0.05) is 97.1 Å². The van der Waals surface area contributed by atoms with Crippen LogP contribution in [0.15, 0.2) is 29.2 Å². The Morgan fingerprint density at radius 2 is 0.990 bits per heavy atom. The topological polar surface area (TPSA) is 453 Å². The van der Waals surface area contributed by atoms with Crippen LogP contribution in [0.3, 0.4) is 0 Å². The number of ether oxygens (including phenoxy) is 5. The summed E-state index contributed by atoms with van der Waals surface area (Å²) in [5.41, 5.74) is -0.889. The number of hydrogen-bond acceptors (Lipinski definition) is 26. The van der Waals surface area contributed by atoms with E-state index in [9.17, 15) is 77.5 Å². The molecule has 105 heavy (non-hydrogen) atoms. The van der Waals surface area contributed by atoms with Gasteiger partial charge in [-0.25, -0.2) is 13.4 Å². The molecule has 1 saturated heterocycles. The smallest absolute Gasteiger partial charge is 0.326 e. The van der Waals surface area contributed by atoms with Crippen molar-refractivity contribution >= 4 is 89.5 Å². The zero-order chi connectivity index (χ0) is 78.9. The van der Waals surface area contributed by atoms with Crippen molar-refractivity contribution in [1.82, 2.24) is 55.9 Å². The Balaban J connectivity index is 1.35. The SMILES string of the molecule is Cc1cc(OCCCC(=O)NCCNC(=O)[C@H](CS(=O)(=O)O)NC(=O)[C@H](CS(=O)(=O)O)NC(=O)CN2CCN(CC(=O)OC(C)(C)C)CCN(CC(=O)OC(C)(C)C)CCN(CC(=O)OC(C)(C)C)CC2)cc(C)c1S(=O)(=O)N[C@@H](CNC(=O)CCCCc1ccc2c(n1)NCCC2)C(=O)OC(C)(C)C. The summed E-state index contributed by atoms with van der Waals surface area (Å²) in [5.74, 6) is -8.96. The van der Waals surface area contributed by atoms with Crippen LogP contribution < -0.4 is 41.4 Å². The molecule has 34 nitrogen and oxygen atoms in total. The Morgan fingerprint density at radius 1 is 0.543 bits per heavy atom. The second kappa shape index (κ2) is 40.6. The van der Waals surface area contributed by atoms with Crippen LogP contribution in [-0.2, 0) is 105 Å². The van der Waals surface area contributed by atoms with Crippen LogP contribution >= 0.6 is 0 Å². The minimum absolute atomic E-state index is 0.0272. The summed E-state index contributed by atoms with van der Waals surface area (Å²) < 4.78 is 128. The van der Waals surface area contributed by atoms with Crippen LogP contribution in [0.5, 0.6) is 5.75 Å². The monoisotopic (exact) mass is 1540 g/mol. The van der Waals surface area contributed by atoms with Crippen LogP contribution in [0.1, 0.15) is 144 Å². The maximum absolute atomic E-state index is 14.0. The number of benzene rings is 1. The third kappa shape index (κ3) is 37.7. The van der Waals surface area contributed by atoms with Crippen molar-refractivity contribution in [2.75, 3.05) is 128 Å². The van der Waals surface area contributed by atoms with Crippen LogP contribution in [0.4, 0.5) is 5.82 Å². The number of fused-ring (bicyclic) bond motifs is 1. The molecular formula is C68H112N12O22S3. The van der Waals surface area contributed by atoms with Crippen molar-refractivity contribution in [1.29, 1.82) is 0 Å².